The van der Waals surface area contributed by atoms with E-state index in [-0.39, 0.29) is 5.02 Å². The normalized spacial score (nSPS) is 10.4. The molecular formula is C15H16ClFN2O. The maximum absolute atomic E-state index is 13.3. The second-order valence-electron chi connectivity index (χ2n) is 4.53. The molecule has 2 rings (SSSR count). The van der Waals surface area contributed by atoms with Gasteiger partial charge in [-0.25, -0.2) is 4.39 Å². The molecule has 0 amide bonds. The SMILES string of the molecule is COc1c(C)cnc(CNc2ccc(Cl)c(F)c2)c1C. The third-order valence-corrected chi connectivity index (χ3v) is 3.44. The Labute approximate surface area is 122 Å². The number of nitrogens with one attached hydrogen (secondary N) is 1. The van der Waals surface area contributed by atoms with Crippen molar-refractivity contribution < 1.29 is 9.13 Å². The average Bonchev–Trinajstić information content (AvgIpc) is 2.42. The van der Waals surface area contributed by atoms with Crippen LogP contribution in [0.2, 0.25) is 5.02 Å². The summed E-state index contributed by atoms with van der Waals surface area (Å²) in [4.78, 5) is 4.38. The lowest BCUT2D eigenvalue weighted by Crippen LogP contribution is -2.06. The summed E-state index contributed by atoms with van der Waals surface area (Å²) in [6, 6.07) is 4.62. The molecule has 0 aliphatic heterocycles. The van der Waals surface area contributed by atoms with E-state index in [1.165, 1.54) is 12.1 Å². The summed E-state index contributed by atoms with van der Waals surface area (Å²) in [6.07, 6.45) is 1.77. The van der Waals surface area contributed by atoms with Gasteiger partial charge in [0.05, 0.1) is 24.4 Å². The van der Waals surface area contributed by atoms with Crippen LogP contribution in [0.5, 0.6) is 5.75 Å². The molecule has 0 radical (unpaired) electrons. The first kappa shape index (κ1) is 14.6. The van der Waals surface area contributed by atoms with Crippen molar-refractivity contribution in [1.29, 1.82) is 0 Å². The van der Waals surface area contributed by atoms with Crippen LogP contribution in [0, 0.1) is 19.7 Å². The molecule has 0 aliphatic carbocycles. The van der Waals surface area contributed by atoms with E-state index in [0.717, 1.165) is 22.6 Å². The molecule has 0 fully saturated rings. The van der Waals surface area contributed by atoms with Crippen LogP contribution in [0.1, 0.15) is 16.8 Å². The number of pyridine rings is 1. The number of methoxy groups -OCH3 is 1. The van der Waals surface area contributed by atoms with Gasteiger partial charge in [0.2, 0.25) is 0 Å². The van der Waals surface area contributed by atoms with Gasteiger partial charge < -0.3 is 10.1 Å². The Balaban J connectivity index is 2.16. The third kappa shape index (κ3) is 3.02. The van der Waals surface area contributed by atoms with Gasteiger partial charge in [0.25, 0.3) is 0 Å². The highest BCUT2D eigenvalue weighted by Crippen LogP contribution is 2.25. The van der Waals surface area contributed by atoms with Crippen molar-refractivity contribution in [3.8, 4) is 5.75 Å². The molecule has 0 bridgehead atoms. The monoisotopic (exact) mass is 294 g/mol. The van der Waals surface area contributed by atoms with Crippen LogP contribution in [0.25, 0.3) is 0 Å². The molecule has 0 aliphatic rings. The summed E-state index contributed by atoms with van der Waals surface area (Å²) in [5.74, 6) is 0.391. The number of aryl methyl sites for hydroxylation is 1. The van der Waals surface area contributed by atoms with E-state index in [4.69, 9.17) is 16.3 Å². The number of hydrogen-bond donors (Lipinski definition) is 1. The maximum atomic E-state index is 13.3. The Morgan fingerprint density at radius 1 is 1.35 bits per heavy atom. The molecule has 2 aromatic rings. The highest BCUT2D eigenvalue weighted by atomic mass is 35.5. The number of nitrogens with zero attached hydrogens (tertiary/aromatic N) is 1. The molecule has 106 valence electrons. The lowest BCUT2D eigenvalue weighted by Gasteiger charge is -2.13. The molecule has 0 saturated carbocycles. The molecular weight excluding hydrogens is 279 g/mol. The van der Waals surface area contributed by atoms with Crippen LogP contribution in [-0.4, -0.2) is 12.1 Å². The zero-order valence-corrected chi connectivity index (χ0v) is 12.4. The van der Waals surface area contributed by atoms with Gasteiger partial charge in [-0.2, -0.15) is 0 Å². The number of ether oxygens (including phenoxy) is 1. The summed E-state index contributed by atoms with van der Waals surface area (Å²) in [7, 11) is 1.64. The first-order chi connectivity index (χ1) is 9.52. The van der Waals surface area contributed by atoms with Crippen molar-refractivity contribution in [2.75, 3.05) is 12.4 Å². The number of rotatable bonds is 4. The summed E-state index contributed by atoms with van der Waals surface area (Å²) in [6.45, 7) is 4.40. The largest absolute Gasteiger partial charge is 0.496 e. The van der Waals surface area contributed by atoms with E-state index in [1.807, 2.05) is 13.8 Å². The van der Waals surface area contributed by atoms with Gasteiger partial charge in [0.15, 0.2) is 0 Å². The zero-order chi connectivity index (χ0) is 14.7. The minimum absolute atomic E-state index is 0.113. The van der Waals surface area contributed by atoms with Crippen LogP contribution in [0.15, 0.2) is 24.4 Å². The van der Waals surface area contributed by atoms with E-state index in [0.29, 0.717) is 12.2 Å². The van der Waals surface area contributed by atoms with Crippen LogP contribution in [0.3, 0.4) is 0 Å². The number of hydrogen-bond acceptors (Lipinski definition) is 3. The van der Waals surface area contributed by atoms with Crippen LogP contribution >= 0.6 is 11.6 Å². The Hall–Kier alpha value is -1.81. The van der Waals surface area contributed by atoms with Crippen molar-refractivity contribution in [2.24, 2.45) is 0 Å². The Morgan fingerprint density at radius 2 is 2.10 bits per heavy atom. The first-order valence-corrected chi connectivity index (χ1v) is 6.58. The van der Waals surface area contributed by atoms with E-state index in [9.17, 15) is 4.39 Å². The highest BCUT2D eigenvalue weighted by Gasteiger charge is 2.09. The fourth-order valence-electron chi connectivity index (χ4n) is 2.04. The summed E-state index contributed by atoms with van der Waals surface area (Å²) in [5.41, 5.74) is 3.50. The molecule has 1 N–H and O–H groups in total. The molecule has 0 unspecified atom stereocenters. The number of anilines is 1. The molecule has 0 spiro atoms. The topological polar surface area (TPSA) is 34.1 Å². The quantitative estimate of drug-likeness (QED) is 0.921. The summed E-state index contributed by atoms with van der Waals surface area (Å²) < 4.78 is 18.7. The summed E-state index contributed by atoms with van der Waals surface area (Å²) >= 11 is 5.65. The van der Waals surface area contributed by atoms with Crippen molar-refractivity contribution >= 4 is 17.3 Å². The molecule has 20 heavy (non-hydrogen) atoms. The van der Waals surface area contributed by atoms with Crippen LogP contribution in [-0.2, 0) is 6.54 Å². The lowest BCUT2D eigenvalue weighted by molar-refractivity contribution is 0.407. The predicted molar refractivity (Wildman–Crippen MR) is 79.0 cm³/mol. The van der Waals surface area contributed by atoms with Gasteiger partial charge in [-0.15, -0.1) is 0 Å². The molecule has 1 heterocycles. The van der Waals surface area contributed by atoms with Crippen molar-refractivity contribution in [2.45, 2.75) is 20.4 Å². The van der Waals surface area contributed by atoms with Crippen molar-refractivity contribution in [1.82, 2.24) is 4.98 Å². The minimum atomic E-state index is -0.442. The van der Waals surface area contributed by atoms with E-state index in [1.54, 1.807) is 19.4 Å². The van der Waals surface area contributed by atoms with E-state index in [2.05, 4.69) is 10.3 Å². The molecule has 5 heteroatoms. The van der Waals surface area contributed by atoms with Crippen molar-refractivity contribution in [3.05, 3.63) is 52.1 Å². The summed E-state index contributed by atoms with van der Waals surface area (Å²) in [5, 5.41) is 3.24. The number of halogens is 2. The van der Waals surface area contributed by atoms with E-state index >= 15 is 0 Å². The molecule has 1 aromatic carbocycles. The second kappa shape index (κ2) is 6.09. The standard InChI is InChI=1S/C15H16ClFN2O/c1-9-7-19-14(10(2)15(9)20-3)8-18-11-4-5-12(16)13(17)6-11/h4-7,18H,8H2,1-3H3. The fraction of sp³-hybridized carbons (Fsp3) is 0.267. The van der Waals surface area contributed by atoms with Crippen LogP contribution in [0.4, 0.5) is 10.1 Å². The third-order valence-electron chi connectivity index (χ3n) is 3.13. The van der Waals surface area contributed by atoms with Crippen LogP contribution < -0.4 is 10.1 Å². The van der Waals surface area contributed by atoms with Gasteiger partial charge in [0.1, 0.15) is 11.6 Å². The Bertz CT molecular complexity index is 632. The predicted octanol–water partition coefficient (Wildman–Crippen LogP) is 4.11. The van der Waals surface area contributed by atoms with Gasteiger partial charge in [-0.05, 0) is 32.0 Å². The second-order valence-corrected chi connectivity index (χ2v) is 4.94. The van der Waals surface area contributed by atoms with E-state index < -0.39 is 5.82 Å². The lowest BCUT2D eigenvalue weighted by atomic mass is 10.1. The Kier molecular flexibility index (Phi) is 4.45. The first-order valence-electron chi connectivity index (χ1n) is 6.21. The zero-order valence-electron chi connectivity index (χ0n) is 11.6. The molecule has 0 saturated heterocycles. The molecule has 1 aromatic heterocycles. The van der Waals surface area contributed by atoms with Crippen molar-refractivity contribution in [3.63, 3.8) is 0 Å². The fourth-order valence-corrected chi connectivity index (χ4v) is 2.16. The van der Waals surface area contributed by atoms with Gasteiger partial charge in [-0.1, -0.05) is 11.6 Å². The number of benzene rings is 1. The average molecular weight is 295 g/mol. The smallest absolute Gasteiger partial charge is 0.143 e. The minimum Gasteiger partial charge on any atom is -0.496 e. The Morgan fingerprint density at radius 3 is 2.75 bits per heavy atom. The van der Waals surface area contributed by atoms with Gasteiger partial charge in [0, 0.05) is 23.0 Å². The van der Waals surface area contributed by atoms with Gasteiger partial charge >= 0.3 is 0 Å². The number of aromatic nitrogens is 1. The highest BCUT2D eigenvalue weighted by molar-refractivity contribution is 6.30. The molecule has 0 atom stereocenters. The van der Waals surface area contributed by atoms with Gasteiger partial charge in [-0.3, -0.25) is 4.98 Å². The maximum Gasteiger partial charge on any atom is 0.143 e. The molecule has 3 nitrogen and oxygen atoms in total.